The summed E-state index contributed by atoms with van der Waals surface area (Å²) in [5.74, 6) is 0. The molecule has 1 heterocycles. The van der Waals surface area contributed by atoms with E-state index in [1.807, 2.05) is 18.2 Å². The SMILES string of the molecule is CC1CCCCN1CC(C#N)(NC1CC1)c1ccccc1. The second-order valence-electron chi connectivity index (χ2n) is 6.62. The van der Waals surface area contributed by atoms with Crippen molar-refractivity contribution in [3.8, 4) is 6.07 Å². The molecule has 3 heteroatoms. The first-order valence-corrected chi connectivity index (χ1v) is 8.22. The van der Waals surface area contributed by atoms with Crippen LogP contribution in [-0.4, -0.2) is 30.1 Å². The summed E-state index contributed by atoms with van der Waals surface area (Å²) in [6, 6.07) is 14.0. The third-order valence-electron chi connectivity index (χ3n) is 4.87. The van der Waals surface area contributed by atoms with Crippen molar-refractivity contribution in [1.82, 2.24) is 10.2 Å². The molecule has 2 unspecified atom stereocenters. The van der Waals surface area contributed by atoms with Crippen molar-refractivity contribution in [3.63, 3.8) is 0 Å². The molecule has 0 radical (unpaired) electrons. The highest BCUT2D eigenvalue weighted by Gasteiger charge is 2.40. The van der Waals surface area contributed by atoms with E-state index in [1.54, 1.807) is 0 Å². The summed E-state index contributed by atoms with van der Waals surface area (Å²) in [5, 5.41) is 13.6. The number of hydrogen-bond acceptors (Lipinski definition) is 3. The maximum Gasteiger partial charge on any atom is 0.145 e. The number of benzene rings is 1. The molecule has 0 amide bonds. The van der Waals surface area contributed by atoms with Crippen LogP contribution in [0.1, 0.15) is 44.6 Å². The van der Waals surface area contributed by atoms with E-state index in [0.29, 0.717) is 12.1 Å². The summed E-state index contributed by atoms with van der Waals surface area (Å²) in [5.41, 5.74) is 0.547. The average Bonchev–Trinajstić information content (AvgIpc) is 3.33. The minimum atomic E-state index is -0.561. The number of nitrogens with zero attached hydrogens (tertiary/aromatic N) is 2. The van der Waals surface area contributed by atoms with Gasteiger partial charge < -0.3 is 0 Å². The van der Waals surface area contributed by atoms with Gasteiger partial charge in [-0.25, -0.2) is 0 Å². The largest absolute Gasteiger partial charge is 0.297 e. The van der Waals surface area contributed by atoms with Gasteiger partial charge in [0.2, 0.25) is 0 Å². The van der Waals surface area contributed by atoms with Crippen LogP contribution in [0, 0.1) is 11.3 Å². The van der Waals surface area contributed by atoms with Crippen molar-refractivity contribution >= 4 is 0 Å². The van der Waals surface area contributed by atoms with Gasteiger partial charge in [0.1, 0.15) is 5.54 Å². The van der Waals surface area contributed by atoms with Crippen molar-refractivity contribution in [2.45, 2.75) is 56.7 Å². The molecule has 3 nitrogen and oxygen atoms in total. The minimum absolute atomic E-state index is 0.518. The predicted molar refractivity (Wildman–Crippen MR) is 84.8 cm³/mol. The number of piperidine rings is 1. The number of rotatable bonds is 5. The highest BCUT2D eigenvalue weighted by atomic mass is 15.2. The molecule has 1 aromatic rings. The van der Waals surface area contributed by atoms with E-state index in [4.69, 9.17) is 0 Å². The quantitative estimate of drug-likeness (QED) is 0.903. The van der Waals surface area contributed by atoms with E-state index in [9.17, 15) is 5.26 Å². The molecule has 1 aliphatic heterocycles. The molecular formula is C18H25N3. The Morgan fingerprint density at radius 1 is 1.24 bits per heavy atom. The van der Waals surface area contributed by atoms with Crippen LogP contribution >= 0.6 is 0 Å². The van der Waals surface area contributed by atoms with Crippen LogP contribution in [-0.2, 0) is 5.54 Å². The summed E-state index contributed by atoms with van der Waals surface area (Å²) < 4.78 is 0. The average molecular weight is 283 g/mol. The van der Waals surface area contributed by atoms with E-state index < -0.39 is 5.54 Å². The number of nitriles is 1. The molecule has 1 aliphatic carbocycles. The number of nitrogens with one attached hydrogen (secondary N) is 1. The normalized spacial score (nSPS) is 26.0. The van der Waals surface area contributed by atoms with E-state index in [2.05, 4.69) is 35.3 Å². The molecule has 2 atom stereocenters. The zero-order chi connectivity index (χ0) is 14.7. The van der Waals surface area contributed by atoms with Crippen LogP contribution in [0.5, 0.6) is 0 Å². The van der Waals surface area contributed by atoms with Crippen LogP contribution in [0.15, 0.2) is 30.3 Å². The maximum absolute atomic E-state index is 9.98. The first-order valence-electron chi connectivity index (χ1n) is 8.22. The maximum atomic E-state index is 9.98. The van der Waals surface area contributed by atoms with Gasteiger partial charge >= 0.3 is 0 Å². The Labute approximate surface area is 128 Å². The fourth-order valence-electron chi connectivity index (χ4n) is 3.35. The topological polar surface area (TPSA) is 39.1 Å². The van der Waals surface area contributed by atoms with Gasteiger partial charge in [-0.3, -0.25) is 10.2 Å². The first-order chi connectivity index (χ1) is 10.2. The Bertz CT molecular complexity index is 503. The standard InChI is InChI=1S/C18H25N3/c1-15-7-5-6-12-21(15)14-18(13-19,20-17-10-11-17)16-8-3-2-4-9-16/h2-4,8-9,15,17,20H,5-7,10-12,14H2,1H3. The Morgan fingerprint density at radius 3 is 2.62 bits per heavy atom. The molecule has 0 aromatic heterocycles. The third kappa shape index (κ3) is 3.28. The molecule has 21 heavy (non-hydrogen) atoms. The molecule has 112 valence electrons. The highest BCUT2D eigenvalue weighted by Crippen LogP contribution is 2.31. The molecule has 0 bridgehead atoms. The van der Waals surface area contributed by atoms with Gasteiger partial charge in [-0.2, -0.15) is 5.26 Å². The predicted octanol–water partition coefficient (Wildman–Crippen LogP) is 3.03. The molecule has 1 aromatic carbocycles. The van der Waals surface area contributed by atoms with Crippen molar-refractivity contribution < 1.29 is 0 Å². The fourth-order valence-corrected chi connectivity index (χ4v) is 3.35. The lowest BCUT2D eigenvalue weighted by Gasteiger charge is -2.40. The highest BCUT2D eigenvalue weighted by molar-refractivity contribution is 5.33. The molecule has 1 saturated carbocycles. The van der Waals surface area contributed by atoms with Gasteiger partial charge in [0, 0.05) is 18.6 Å². The smallest absolute Gasteiger partial charge is 0.145 e. The lowest BCUT2D eigenvalue weighted by atomic mass is 9.88. The number of likely N-dealkylation sites (tertiary alicyclic amines) is 1. The summed E-state index contributed by atoms with van der Waals surface area (Å²) in [6.07, 6.45) is 6.22. The second-order valence-corrected chi connectivity index (χ2v) is 6.62. The number of hydrogen-bond donors (Lipinski definition) is 1. The first kappa shape index (κ1) is 14.6. The van der Waals surface area contributed by atoms with Crippen LogP contribution < -0.4 is 5.32 Å². The lowest BCUT2D eigenvalue weighted by molar-refractivity contribution is 0.126. The Kier molecular flexibility index (Phi) is 4.28. The minimum Gasteiger partial charge on any atom is -0.297 e. The molecule has 3 rings (SSSR count). The Balaban J connectivity index is 1.86. The molecular weight excluding hydrogens is 258 g/mol. The molecule has 2 aliphatic rings. The zero-order valence-electron chi connectivity index (χ0n) is 12.9. The summed E-state index contributed by atoms with van der Waals surface area (Å²) in [7, 11) is 0. The molecule has 2 fully saturated rings. The van der Waals surface area contributed by atoms with Gasteiger partial charge in [0.25, 0.3) is 0 Å². The van der Waals surface area contributed by atoms with E-state index in [0.717, 1.165) is 18.7 Å². The van der Waals surface area contributed by atoms with Crippen molar-refractivity contribution in [3.05, 3.63) is 35.9 Å². The van der Waals surface area contributed by atoms with Crippen LogP contribution in [0.2, 0.25) is 0 Å². The van der Waals surface area contributed by atoms with E-state index >= 15 is 0 Å². The third-order valence-corrected chi connectivity index (χ3v) is 4.87. The van der Waals surface area contributed by atoms with Gasteiger partial charge in [-0.1, -0.05) is 36.8 Å². The van der Waals surface area contributed by atoms with Crippen molar-refractivity contribution in [2.75, 3.05) is 13.1 Å². The van der Waals surface area contributed by atoms with Crippen LogP contribution in [0.3, 0.4) is 0 Å². The monoisotopic (exact) mass is 283 g/mol. The molecule has 1 N–H and O–H groups in total. The van der Waals surface area contributed by atoms with Gasteiger partial charge in [0.15, 0.2) is 0 Å². The summed E-state index contributed by atoms with van der Waals surface area (Å²) in [6.45, 7) is 4.21. The van der Waals surface area contributed by atoms with Crippen molar-refractivity contribution in [2.24, 2.45) is 0 Å². The van der Waals surface area contributed by atoms with Crippen molar-refractivity contribution in [1.29, 1.82) is 5.26 Å². The fraction of sp³-hybridized carbons (Fsp3) is 0.611. The second kappa shape index (κ2) is 6.17. The van der Waals surface area contributed by atoms with Gasteiger partial charge in [-0.05, 0) is 44.7 Å². The summed E-state index contributed by atoms with van der Waals surface area (Å²) in [4.78, 5) is 2.50. The zero-order valence-corrected chi connectivity index (χ0v) is 12.9. The van der Waals surface area contributed by atoms with Gasteiger partial charge in [0.05, 0.1) is 6.07 Å². The Morgan fingerprint density at radius 2 is 2.00 bits per heavy atom. The van der Waals surface area contributed by atoms with Gasteiger partial charge in [-0.15, -0.1) is 0 Å². The van der Waals surface area contributed by atoms with E-state index in [-0.39, 0.29) is 0 Å². The summed E-state index contributed by atoms with van der Waals surface area (Å²) >= 11 is 0. The Hall–Kier alpha value is -1.37. The van der Waals surface area contributed by atoms with Crippen LogP contribution in [0.4, 0.5) is 0 Å². The molecule has 0 spiro atoms. The van der Waals surface area contributed by atoms with E-state index in [1.165, 1.54) is 32.1 Å². The molecule has 1 saturated heterocycles. The van der Waals surface area contributed by atoms with Crippen LogP contribution in [0.25, 0.3) is 0 Å². The lowest BCUT2D eigenvalue weighted by Crippen LogP contribution is -2.54.